The van der Waals surface area contributed by atoms with Crippen molar-refractivity contribution in [3.8, 4) is 5.75 Å². The molecular formula is C25H34N2O3. The summed E-state index contributed by atoms with van der Waals surface area (Å²) in [5.74, 6) is 0.0765. The number of carbonyl (C=O) groups excluding carboxylic acids is 1. The average Bonchev–Trinajstić information content (AvgIpc) is 2.77. The Kier molecular flexibility index (Phi) is 10.8. The van der Waals surface area contributed by atoms with Gasteiger partial charge in [-0.25, -0.2) is 4.79 Å². The Morgan fingerprint density at radius 2 is 1.43 bits per heavy atom. The largest absolute Gasteiger partial charge is 0.425 e. The van der Waals surface area contributed by atoms with Gasteiger partial charge in [-0.2, -0.15) is 10.2 Å². The summed E-state index contributed by atoms with van der Waals surface area (Å²) in [6, 6.07) is 15.2. The number of ether oxygens (including phenoxy) is 2. The maximum absolute atomic E-state index is 12.0. The van der Waals surface area contributed by atoms with Crippen molar-refractivity contribution in [3.05, 3.63) is 54.1 Å². The third-order valence-electron chi connectivity index (χ3n) is 4.79. The number of unbranched alkanes of at least 4 members (excludes halogenated alkanes) is 4. The van der Waals surface area contributed by atoms with E-state index in [9.17, 15) is 4.79 Å². The van der Waals surface area contributed by atoms with Gasteiger partial charge in [-0.15, -0.1) is 0 Å². The Labute approximate surface area is 180 Å². The number of hydrogen-bond donors (Lipinski definition) is 0. The second-order valence-electron chi connectivity index (χ2n) is 7.46. The molecule has 5 nitrogen and oxygen atoms in total. The molecular weight excluding hydrogens is 376 g/mol. The molecule has 0 radical (unpaired) electrons. The first-order chi connectivity index (χ1) is 14.6. The Morgan fingerprint density at radius 3 is 2.03 bits per heavy atom. The molecule has 0 amide bonds. The summed E-state index contributed by atoms with van der Waals surface area (Å²) in [6.07, 6.45) is 7.57. The maximum atomic E-state index is 12.0. The van der Waals surface area contributed by atoms with Crippen LogP contribution in [0.3, 0.4) is 0 Å². The Balaban J connectivity index is 1.82. The summed E-state index contributed by atoms with van der Waals surface area (Å²) in [7, 11) is 0. The van der Waals surface area contributed by atoms with Gasteiger partial charge in [0.15, 0.2) is 6.10 Å². The standard InChI is InChI=1S/C25H34N2O3/c1-4-6-8-9-10-21-11-13-22(14-12-21)26-27-23-15-17-24(18-16-23)30-25(28)20(3)29-19-7-5-2/h11-18,20H,4-10,19H2,1-3H3/b27-26+. The lowest BCUT2D eigenvalue weighted by molar-refractivity contribution is -0.146. The fourth-order valence-corrected chi connectivity index (χ4v) is 2.85. The second-order valence-corrected chi connectivity index (χ2v) is 7.46. The van der Waals surface area contributed by atoms with Gasteiger partial charge in [0.2, 0.25) is 0 Å². The molecule has 0 aliphatic rings. The zero-order valence-electron chi connectivity index (χ0n) is 18.5. The van der Waals surface area contributed by atoms with Gasteiger partial charge in [0.25, 0.3) is 0 Å². The molecule has 0 aliphatic heterocycles. The second kappa shape index (κ2) is 13.6. The molecule has 5 heteroatoms. The lowest BCUT2D eigenvalue weighted by atomic mass is 10.1. The molecule has 2 aromatic carbocycles. The summed E-state index contributed by atoms with van der Waals surface area (Å²) in [5.41, 5.74) is 2.86. The highest BCUT2D eigenvalue weighted by molar-refractivity contribution is 5.76. The molecule has 0 saturated heterocycles. The van der Waals surface area contributed by atoms with Gasteiger partial charge in [-0.05, 0) is 68.1 Å². The zero-order chi connectivity index (χ0) is 21.6. The summed E-state index contributed by atoms with van der Waals surface area (Å²) in [4.78, 5) is 12.0. The van der Waals surface area contributed by atoms with Gasteiger partial charge >= 0.3 is 5.97 Å². The first-order valence-electron chi connectivity index (χ1n) is 11.1. The van der Waals surface area contributed by atoms with Crippen LogP contribution in [-0.2, 0) is 16.0 Å². The number of rotatable bonds is 13. The number of nitrogens with zero attached hydrogens (tertiary/aromatic N) is 2. The predicted molar refractivity (Wildman–Crippen MR) is 121 cm³/mol. The molecule has 0 saturated carbocycles. The van der Waals surface area contributed by atoms with Crippen LogP contribution >= 0.6 is 0 Å². The number of hydrogen-bond acceptors (Lipinski definition) is 5. The van der Waals surface area contributed by atoms with Crippen molar-refractivity contribution in [1.29, 1.82) is 0 Å². The van der Waals surface area contributed by atoms with E-state index in [1.807, 2.05) is 12.1 Å². The van der Waals surface area contributed by atoms with Crippen LogP contribution in [-0.4, -0.2) is 18.7 Å². The van der Waals surface area contributed by atoms with Crippen LogP contribution in [0, 0.1) is 0 Å². The highest BCUT2D eigenvalue weighted by Crippen LogP contribution is 2.22. The van der Waals surface area contributed by atoms with Gasteiger partial charge in [-0.3, -0.25) is 0 Å². The topological polar surface area (TPSA) is 60.2 Å². The van der Waals surface area contributed by atoms with E-state index < -0.39 is 12.1 Å². The Hall–Kier alpha value is -2.53. The van der Waals surface area contributed by atoms with Crippen LogP contribution in [0.25, 0.3) is 0 Å². The number of azo groups is 1. The summed E-state index contributed by atoms with van der Waals surface area (Å²) < 4.78 is 10.8. The number of carbonyl (C=O) groups is 1. The van der Waals surface area contributed by atoms with E-state index in [2.05, 4.69) is 36.2 Å². The van der Waals surface area contributed by atoms with Crippen LogP contribution in [0.2, 0.25) is 0 Å². The molecule has 0 fully saturated rings. The molecule has 0 aliphatic carbocycles. The molecule has 0 N–H and O–H groups in total. The van der Waals surface area contributed by atoms with E-state index in [0.717, 1.165) is 24.9 Å². The van der Waals surface area contributed by atoms with Crippen LogP contribution in [0.15, 0.2) is 58.8 Å². The van der Waals surface area contributed by atoms with Crippen LogP contribution < -0.4 is 4.74 Å². The van der Waals surface area contributed by atoms with Crippen LogP contribution in [0.5, 0.6) is 5.75 Å². The quantitative estimate of drug-likeness (QED) is 0.150. The number of esters is 1. The molecule has 2 rings (SSSR count). The highest BCUT2D eigenvalue weighted by Gasteiger charge is 2.15. The van der Waals surface area contributed by atoms with Crippen molar-refractivity contribution in [2.75, 3.05) is 6.61 Å². The van der Waals surface area contributed by atoms with Gasteiger partial charge in [-0.1, -0.05) is 51.7 Å². The molecule has 30 heavy (non-hydrogen) atoms. The van der Waals surface area contributed by atoms with Crippen molar-refractivity contribution < 1.29 is 14.3 Å². The third-order valence-corrected chi connectivity index (χ3v) is 4.79. The number of benzene rings is 2. The highest BCUT2D eigenvalue weighted by atomic mass is 16.6. The molecule has 0 aromatic heterocycles. The van der Waals surface area contributed by atoms with E-state index in [-0.39, 0.29) is 0 Å². The average molecular weight is 411 g/mol. The molecule has 1 unspecified atom stereocenters. The fraction of sp³-hybridized carbons (Fsp3) is 0.480. The lowest BCUT2D eigenvalue weighted by Gasteiger charge is -2.12. The smallest absolute Gasteiger partial charge is 0.340 e. The molecule has 0 heterocycles. The SMILES string of the molecule is CCCCCCc1ccc(/N=N/c2ccc(OC(=O)C(C)OCCCC)cc2)cc1. The van der Waals surface area contributed by atoms with Gasteiger partial charge in [0, 0.05) is 6.61 Å². The fourth-order valence-electron chi connectivity index (χ4n) is 2.85. The van der Waals surface area contributed by atoms with Gasteiger partial charge < -0.3 is 9.47 Å². The van der Waals surface area contributed by atoms with Crippen molar-refractivity contribution >= 4 is 17.3 Å². The van der Waals surface area contributed by atoms with E-state index in [1.54, 1.807) is 31.2 Å². The van der Waals surface area contributed by atoms with Crippen LogP contribution in [0.1, 0.15) is 64.9 Å². The monoisotopic (exact) mass is 410 g/mol. The summed E-state index contributed by atoms with van der Waals surface area (Å²) in [5, 5.41) is 8.54. The Morgan fingerprint density at radius 1 is 0.833 bits per heavy atom. The number of aryl methyl sites for hydroxylation is 1. The summed E-state index contributed by atoms with van der Waals surface area (Å²) in [6.45, 7) is 6.57. The van der Waals surface area contributed by atoms with Crippen molar-refractivity contribution in [1.82, 2.24) is 0 Å². The normalized spacial score (nSPS) is 12.2. The van der Waals surface area contributed by atoms with E-state index in [4.69, 9.17) is 9.47 Å². The zero-order valence-corrected chi connectivity index (χ0v) is 18.5. The van der Waals surface area contributed by atoms with E-state index in [1.165, 1.54) is 31.2 Å². The Bertz CT molecular complexity index is 770. The minimum Gasteiger partial charge on any atom is -0.425 e. The molecule has 2 aromatic rings. The van der Waals surface area contributed by atoms with Crippen LogP contribution in [0.4, 0.5) is 11.4 Å². The minimum atomic E-state index is -0.578. The molecule has 1 atom stereocenters. The predicted octanol–water partition coefficient (Wildman–Crippen LogP) is 7.34. The first-order valence-corrected chi connectivity index (χ1v) is 11.1. The molecule has 162 valence electrons. The third kappa shape index (κ3) is 8.87. The molecule has 0 spiro atoms. The van der Waals surface area contributed by atoms with Gasteiger partial charge in [0.1, 0.15) is 5.75 Å². The summed E-state index contributed by atoms with van der Waals surface area (Å²) >= 11 is 0. The first kappa shape index (κ1) is 23.7. The molecule has 0 bridgehead atoms. The maximum Gasteiger partial charge on any atom is 0.340 e. The van der Waals surface area contributed by atoms with Crippen molar-refractivity contribution in [3.63, 3.8) is 0 Å². The lowest BCUT2D eigenvalue weighted by Crippen LogP contribution is -2.26. The van der Waals surface area contributed by atoms with E-state index >= 15 is 0 Å². The van der Waals surface area contributed by atoms with Crippen molar-refractivity contribution in [2.45, 2.75) is 71.8 Å². The van der Waals surface area contributed by atoms with Gasteiger partial charge in [0.05, 0.1) is 11.4 Å². The minimum absolute atomic E-state index is 0.393. The van der Waals surface area contributed by atoms with Crippen molar-refractivity contribution in [2.24, 2.45) is 10.2 Å². The van der Waals surface area contributed by atoms with E-state index in [0.29, 0.717) is 18.0 Å².